The van der Waals surface area contributed by atoms with E-state index in [2.05, 4.69) is 16.6 Å². The largest absolute Gasteiger partial charge is 0.297 e. The highest BCUT2D eigenvalue weighted by Gasteiger charge is 1.92. The lowest BCUT2D eigenvalue weighted by atomic mass is 10.5. The van der Waals surface area contributed by atoms with Crippen LogP contribution in [-0.4, -0.2) is 0 Å². The molecule has 0 amide bonds. The summed E-state index contributed by atoms with van der Waals surface area (Å²) in [5.41, 5.74) is 10.9. The highest BCUT2D eigenvalue weighted by molar-refractivity contribution is 5.07. The molecule has 0 aromatic heterocycles. The van der Waals surface area contributed by atoms with Crippen molar-refractivity contribution in [2.45, 2.75) is 13.8 Å². The smallest absolute Gasteiger partial charge is 0.0718 e. The average molecular weight is 96.1 g/mol. The van der Waals surface area contributed by atoms with Crippen LogP contribution in [0.1, 0.15) is 13.8 Å². The first kappa shape index (κ1) is 4.28. The molecule has 0 unspecified atom stereocenters. The number of allylic oxidation sites excluding steroid dienone is 1. The molecule has 0 aliphatic carbocycles. The second-order valence-corrected chi connectivity index (χ2v) is 1.62. The molecule has 2 nitrogen and oxygen atoms in total. The molecular weight excluding hydrogens is 88.1 g/mol. The third-order valence-corrected chi connectivity index (χ3v) is 0.812. The van der Waals surface area contributed by atoms with Crippen LogP contribution in [0.25, 0.3) is 0 Å². The summed E-state index contributed by atoms with van der Waals surface area (Å²) < 4.78 is 0. The topological polar surface area (TPSA) is 24.1 Å². The van der Waals surface area contributed by atoms with Crippen molar-refractivity contribution in [1.29, 1.82) is 0 Å². The third kappa shape index (κ3) is 0.756. The number of nitrogens with one attached hydrogen (secondary N) is 2. The van der Waals surface area contributed by atoms with Gasteiger partial charge in [0.1, 0.15) is 0 Å². The molecule has 0 radical (unpaired) electrons. The maximum Gasteiger partial charge on any atom is 0.0718 e. The van der Waals surface area contributed by atoms with Crippen LogP contribution in [0.15, 0.2) is 17.1 Å². The summed E-state index contributed by atoms with van der Waals surface area (Å²) in [6, 6.07) is 0. The zero-order valence-electron chi connectivity index (χ0n) is 4.50. The zero-order chi connectivity index (χ0) is 5.28. The van der Waals surface area contributed by atoms with E-state index in [1.807, 2.05) is 13.8 Å². The molecule has 0 atom stereocenters. The van der Waals surface area contributed by atoms with E-state index in [1.165, 1.54) is 0 Å². The van der Waals surface area contributed by atoms with Gasteiger partial charge < -0.3 is 0 Å². The van der Waals surface area contributed by atoms with Gasteiger partial charge in [-0.05, 0) is 13.8 Å². The van der Waals surface area contributed by atoms with Crippen molar-refractivity contribution in [2.75, 3.05) is 0 Å². The van der Waals surface area contributed by atoms with Crippen molar-refractivity contribution in [3.63, 3.8) is 0 Å². The summed E-state index contributed by atoms with van der Waals surface area (Å²) in [5, 5.41) is 0. The van der Waals surface area contributed by atoms with Crippen LogP contribution in [0.5, 0.6) is 0 Å². The molecule has 0 saturated heterocycles. The van der Waals surface area contributed by atoms with Gasteiger partial charge in [-0.25, -0.2) is 0 Å². The molecule has 0 aromatic rings. The van der Waals surface area contributed by atoms with Crippen molar-refractivity contribution >= 4 is 0 Å². The van der Waals surface area contributed by atoms with E-state index >= 15 is 0 Å². The lowest BCUT2D eigenvalue weighted by molar-refractivity contribution is 0.725. The minimum Gasteiger partial charge on any atom is -0.297 e. The monoisotopic (exact) mass is 96.1 g/mol. The fraction of sp³-hybridized carbons (Fsp3) is 0.400. The van der Waals surface area contributed by atoms with E-state index in [1.54, 1.807) is 0 Å². The number of hydrazine groups is 1. The summed E-state index contributed by atoms with van der Waals surface area (Å²) >= 11 is 0. The predicted octanol–water partition coefficient (Wildman–Crippen LogP) is 0.501. The van der Waals surface area contributed by atoms with Crippen LogP contribution >= 0.6 is 0 Å². The Labute approximate surface area is 42.9 Å². The van der Waals surface area contributed by atoms with Crippen LogP contribution in [0.2, 0.25) is 0 Å². The van der Waals surface area contributed by atoms with Crippen molar-refractivity contribution in [3.05, 3.63) is 17.1 Å². The first-order valence-corrected chi connectivity index (χ1v) is 2.25. The average Bonchev–Trinajstić information content (AvgIpc) is 1.87. The van der Waals surface area contributed by atoms with Crippen molar-refractivity contribution in [1.82, 2.24) is 10.9 Å². The van der Waals surface area contributed by atoms with E-state index < -0.39 is 0 Å². The minimum atomic E-state index is 1.05. The summed E-state index contributed by atoms with van der Waals surface area (Å²) in [4.78, 5) is 0. The van der Waals surface area contributed by atoms with E-state index in [4.69, 9.17) is 0 Å². The lowest BCUT2D eigenvalue weighted by Crippen LogP contribution is -2.22. The van der Waals surface area contributed by atoms with Gasteiger partial charge >= 0.3 is 0 Å². The molecule has 0 saturated carbocycles. The summed E-state index contributed by atoms with van der Waals surface area (Å²) in [5.74, 6) is 0. The van der Waals surface area contributed by atoms with Gasteiger partial charge in [0.15, 0.2) is 0 Å². The summed E-state index contributed by atoms with van der Waals surface area (Å²) in [6.45, 7) is 3.92. The fourth-order valence-corrected chi connectivity index (χ4v) is 0.531. The highest BCUT2D eigenvalue weighted by atomic mass is 15.4. The van der Waals surface area contributed by atoms with Gasteiger partial charge in [0, 0.05) is 0 Å². The van der Waals surface area contributed by atoms with Gasteiger partial charge in [-0.15, -0.1) is 0 Å². The fourth-order valence-electron chi connectivity index (χ4n) is 0.531. The molecule has 0 aromatic carbocycles. The Morgan fingerprint density at radius 2 is 1.57 bits per heavy atom. The second-order valence-electron chi connectivity index (χ2n) is 1.62. The lowest BCUT2D eigenvalue weighted by Gasteiger charge is -1.96. The molecule has 0 fully saturated rings. The minimum absolute atomic E-state index is 1.05. The summed E-state index contributed by atoms with van der Waals surface area (Å²) in [6.07, 6.45) is 0. The molecule has 2 heteroatoms. The van der Waals surface area contributed by atoms with Gasteiger partial charge in [0.05, 0.1) is 11.4 Å². The SMILES string of the molecule is CC1=C=C(C)NN1. The molecular formula is C5H8N2. The van der Waals surface area contributed by atoms with Gasteiger partial charge in [-0.2, -0.15) is 0 Å². The molecule has 1 rings (SSSR count). The van der Waals surface area contributed by atoms with E-state index in [9.17, 15) is 0 Å². The maximum atomic E-state index is 3.03. The molecule has 0 spiro atoms. The maximum absolute atomic E-state index is 3.03. The standard InChI is InChI=1S/C5H8N2/c1-4-3-5(2)7-6-4/h6-7H,1-2H3. The number of hydrogen-bond donors (Lipinski definition) is 2. The van der Waals surface area contributed by atoms with Crippen molar-refractivity contribution in [3.8, 4) is 0 Å². The van der Waals surface area contributed by atoms with E-state index in [-0.39, 0.29) is 0 Å². The Morgan fingerprint density at radius 1 is 1.14 bits per heavy atom. The van der Waals surface area contributed by atoms with Crippen LogP contribution in [-0.2, 0) is 0 Å². The summed E-state index contributed by atoms with van der Waals surface area (Å²) in [7, 11) is 0. The van der Waals surface area contributed by atoms with Crippen LogP contribution in [0, 0.1) is 0 Å². The molecule has 1 aliphatic heterocycles. The predicted molar refractivity (Wildman–Crippen MR) is 28.2 cm³/mol. The number of rotatable bonds is 0. The van der Waals surface area contributed by atoms with Crippen molar-refractivity contribution < 1.29 is 0 Å². The van der Waals surface area contributed by atoms with Crippen LogP contribution in [0.4, 0.5) is 0 Å². The van der Waals surface area contributed by atoms with Crippen molar-refractivity contribution in [2.24, 2.45) is 0 Å². The van der Waals surface area contributed by atoms with Crippen LogP contribution < -0.4 is 10.9 Å². The first-order valence-electron chi connectivity index (χ1n) is 2.25. The van der Waals surface area contributed by atoms with Gasteiger partial charge in [-0.1, -0.05) is 5.73 Å². The Hall–Kier alpha value is -0.880. The van der Waals surface area contributed by atoms with E-state index in [0.717, 1.165) is 11.4 Å². The molecule has 1 aliphatic rings. The van der Waals surface area contributed by atoms with Gasteiger partial charge in [0.25, 0.3) is 0 Å². The highest BCUT2D eigenvalue weighted by Crippen LogP contribution is 1.91. The molecule has 2 N–H and O–H groups in total. The molecule has 38 valence electrons. The Balaban J connectivity index is 2.81. The molecule has 7 heavy (non-hydrogen) atoms. The Bertz CT molecular complexity index is 126. The Morgan fingerprint density at radius 3 is 1.71 bits per heavy atom. The Kier molecular flexibility index (Phi) is 0.807. The normalized spacial score (nSPS) is 16.9. The first-order chi connectivity index (χ1) is 3.29. The molecule has 1 heterocycles. The van der Waals surface area contributed by atoms with E-state index in [0.29, 0.717) is 0 Å². The molecule has 0 bridgehead atoms. The number of hydrogen-bond acceptors (Lipinski definition) is 2. The third-order valence-electron chi connectivity index (χ3n) is 0.812. The van der Waals surface area contributed by atoms with Gasteiger partial charge in [0.2, 0.25) is 0 Å². The second kappa shape index (κ2) is 1.32. The van der Waals surface area contributed by atoms with Crippen LogP contribution in [0.3, 0.4) is 0 Å². The quantitative estimate of drug-likeness (QED) is 0.429. The van der Waals surface area contributed by atoms with Gasteiger partial charge in [-0.3, -0.25) is 10.9 Å². The zero-order valence-corrected chi connectivity index (χ0v) is 4.50.